The first-order valence-electron chi connectivity index (χ1n) is 8.80. The van der Waals surface area contributed by atoms with Crippen LogP contribution >= 0.6 is 0 Å². The molecule has 1 aromatic heterocycles. The van der Waals surface area contributed by atoms with E-state index in [1.54, 1.807) is 42.5 Å². The lowest BCUT2D eigenvalue weighted by molar-refractivity contribution is -0.143. The number of para-hydroxylation sites is 2. The first-order chi connectivity index (χ1) is 13.9. The normalized spacial score (nSPS) is 12.5. The molecular weight excluding hydrogens is 382 g/mol. The summed E-state index contributed by atoms with van der Waals surface area (Å²) in [5.74, 6) is 0.412. The van der Waals surface area contributed by atoms with Crippen LogP contribution in [-0.2, 0) is 9.53 Å². The first-order valence-corrected chi connectivity index (χ1v) is 8.80. The van der Waals surface area contributed by atoms with Gasteiger partial charge in [0.2, 0.25) is 0 Å². The highest BCUT2D eigenvalue weighted by Crippen LogP contribution is 2.29. The number of benzene rings is 2. The highest BCUT2D eigenvalue weighted by Gasteiger charge is 2.23. The van der Waals surface area contributed by atoms with Gasteiger partial charge >= 0.3 is 12.5 Å². The second-order valence-corrected chi connectivity index (χ2v) is 6.13. The molecule has 0 aliphatic heterocycles. The minimum absolute atomic E-state index is 0.0232. The van der Waals surface area contributed by atoms with Crippen LogP contribution in [0.1, 0.15) is 31.0 Å². The Labute approximate surface area is 166 Å². The van der Waals surface area contributed by atoms with Crippen molar-refractivity contribution in [2.75, 3.05) is 14.2 Å². The molecule has 3 rings (SSSR count). The van der Waals surface area contributed by atoms with Crippen molar-refractivity contribution < 1.29 is 27.8 Å². The van der Waals surface area contributed by atoms with E-state index in [0.29, 0.717) is 22.6 Å². The van der Waals surface area contributed by atoms with E-state index in [9.17, 15) is 13.6 Å². The number of aromatic nitrogens is 2. The maximum absolute atomic E-state index is 13.5. The molecule has 0 amide bonds. The summed E-state index contributed by atoms with van der Waals surface area (Å²) < 4.78 is 43.5. The summed E-state index contributed by atoms with van der Waals surface area (Å²) >= 11 is 0. The summed E-state index contributed by atoms with van der Waals surface area (Å²) in [5.41, 5.74) is 1.32. The van der Waals surface area contributed by atoms with Crippen LogP contribution in [0.3, 0.4) is 0 Å². The van der Waals surface area contributed by atoms with Crippen LogP contribution in [-0.4, -0.2) is 29.7 Å². The number of ether oxygens (including phenoxy) is 3. The fourth-order valence-electron chi connectivity index (χ4n) is 2.94. The summed E-state index contributed by atoms with van der Waals surface area (Å²) in [7, 11) is 3.04. The number of halogens is 2. The molecule has 0 bridgehead atoms. The van der Waals surface area contributed by atoms with E-state index in [0.717, 1.165) is 4.57 Å². The van der Waals surface area contributed by atoms with Gasteiger partial charge in [-0.15, -0.1) is 0 Å². The van der Waals surface area contributed by atoms with E-state index in [-0.39, 0.29) is 11.3 Å². The highest BCUT2D eigenvalue weighted by atomic mass is 19.3. The molecule has 0 aliphatic carbocycles. The number of alkyl halides is 2. The molecule has 0 saturated carbocycles. The summed E-state index contributed by atoms with van der Waals surface area (Å²) in [6, 6.07) is 11.6. The smallest absolute Gasteiger partial charge is 0.331 e. The number of hydrogen-bond acceptors (Lipinski definition) is 5. The topological polar surface area (TPSA) is 62.6 Å². The quantitative estimate of drug-likeness (QED) is 0.421. The molecule has 0 fully saturated rings. The van der Waals surface area contributed by atoms with Crippen molar-refractivity contribution in [3.8, 4) is 11.5 Å². The largest absolute Gasteiger partial charge is 0.497 e. The van der Waals surface area contributed by atoms with Crippen molar-refractivity contribution >= 4 is 23.1 Å². The van der Waals surface area contributed by atoms with Crippen molar-refractivity contribution in [3.05, 3.63) is 59.9 Å². The van der Waals surface area contributed by atoms with Crippen LogP contribution in [0, 0.1) is 0 Å². The van der Waals surface area contributed by atoms with E-state index >= 15 is 0 Å². The summed E-state index contributed by atoms with van der Waals surface area (Å²) in [6.07, 6.45) is 1.76. The number of imidazole rings is 1. The Hall–Kier alpha value is -3.42. The predicted octanol–water partition coefficient (Wildman–Crippen LogP) is 4.77. The van der Waals surface area contributed by atoms with Crippen molar-refractivity contribution in [2.24, 2.45) is 0 Å². The molecule has 6 nitrogen and oxygen atoms in total. The van der Waals surface area contributed by atoms with Crippen molar-refractivity contribution in [2.45, 2.75) is 19.6 Å². The Morgan fingerprint density at radius 2 is 1.90 bits per heavy atom. The van der Waals surface area contributed by atoms with Gasteiger partial charge in [0.25, 0.3) is 0 Å². The molecule has 152 valence electrons. The second kappa shape index (κ2) is 8.72. The van der Waals surface area contributed by atoms with Gasteiger partial charge in [-0.2, -0.15) is 8.78 Å². The molecule has 3 aromatic rings. The SMILES string of the molecule is COc1ccc(/C=C/C(=O)OC(C)c2nc3ccccc3n2C(F)F)c(OC)c1. The van der Waals surface area contributed by atoms with Crippen LogP contribution in [0.2, 0.25) is 0 Å². The van der Waals surface area contributed by atoms with Gasteiger partial charge in [0.15, 0.2) is 11.9 Å². The summed E-state index contributed by atoms with van der Waals surface area (Å²) in [6.45, 7) is -1.31. The number of hydrogen-bond donors (Lipinski definition) is 0. The van der Waals surface area contributed by atoms with Crippen LogP contribution in [0.4, 0.5) is 8.78 Å². The van der Waals surface area contributed by atoms with Gasteiger partial charge in [-0.25, -0.2) is 9.78 Å². The zero-order chi connectivity index (χ0) is 21.0. The molecule has 2 aromatic carbocycles. The molecule has 0 saturated heterocycles. The molecular formula is C21H20F2N2O4. The number of fused-ring (bicyclic) bond motifs is 1. The zero-order valence-corrected chi connectivity index (χ0v) is 16.1. The third-order valence-corrected chi connectivity index (χ3v) is 4.31. The molecule has 0 aliphatic rings. The predicted molar refractivity (Wildman–Crippen MR) is 104 cm³/mol. The van der Waals surface area contributed by atoms with Crippen LogP contribution in [0.5, 0.6) is 11.5 Å². The second-order valence-electron chi connectivity index (χ2n) is 6.13. The van der Waals surface area contributed by atoms with Crippen LogP contribution in [0.15, 0.2) is 48.5 Å². The molecule has 1 unspecified atom stereocenters. The van der Waals surface area contributed by atoms with Gasteiger partial charge in [-0.05, 0) is 37.3 Å². The number of carbonyl (C=O) groups excluding carboxylic acids is 1. The van der Waals surface area contributed by atoms with Crippen molar-refractivity contribution in [1.82, 2.24) is 9.55 Å². The number of methoxy groups -OCH3 is 2. The van der Waals surface area contributed by atoms with Gasteiger partial charge < -0.3 is 14.2 Å². The minimum atomic E-state index is -2.81. The number of nitrogens with zero attached hydrogens (tertiary/aromatic N) is 2. The Balaban J connectivity index is 1.79. The monoisotopic (exact) mass is 402 g/mol. The molecule has 29 heavy (non-hydrogen) atoms. The molecule has 1 heterocycles. The van der Waals surface area contributed by atoms with E-state index in [2.05, 4.69) is 4.98 Å². The van der Waals surface area contributed by atoms with E-state index < -0.39 is 18.6 Å². The standard InChI is InChI=1S/C21H20F2N2O4/c1-13(20-24-16-6-4-5-7-17(16)25(20)21(22)23)29-19(26)11-9-14-8-10-15(27-2)12-18(14)28-3/h4-13,21H,1-3H3/b11-9+. The molecule has 0 spiro atoms. The van der Waals surface area contributed by atoms with Crippen molar-refractivity contribution in [1.29, 1.82) is 0 Å². The lowest BCUT2D eigenvalue weighted by Crippen LogP contribution is -2.13. The fourth-order valence-corrected chi connectivity index (χ4v) is 2.94. The van der Waals surface area contributed by atoms with Gasteiger partial charge in [-0.1, -0.05) is 12.1 Å². The number of esters is 1. The summed E-state index contributed by atoms with van der Waals surface area (Å²) in [4.78, 5) is 16.4. The van der Waals surface area contributed by atoms with E-state index in [1.165, 1.54) is 33.3 Å². The molecule has 8 heteroatoms. The Morgan fingerprint density at radius 1 is 1.14 bits per heavy atom. The molecule has 0 radical (unpaired) electrons. The maximum Gasteiger partial charge on any atom is 0.331 e. The Morgan fingerprint density at radius 3 is 2.59 bits per heavy atom. The fraction of sp³-hybridized carbons (Fsp3) is 0.238. The highest BCUT2D eigenvalue weighted by molar-refractivity contribution is 5.88. The molecule has 0 N–H and O–H groups in total. The first kappa shape index (κ1) is 20.3. The average Bonchev–Trinajstić information content (AvgIpc) is 3.12. The zero-order valence-electron chi connectivity index (χ0n) is 16.1. The minimum Gasteiger partial charge on any atom is -0.497 e. The lowest BCUT2D eigenvalue weighted by Gasteiger charge is -2.14. The van der Waals surface area contributed by atoms with Crippen LogP contribution in [0.25, 0.3) is 17.1 Å². The third kappa shape index (κ3) is 4.37. The van der Waals surface area contributed by atoms with Crippen molar-refractivity contribution in [3.63, 3.8) is 0 Å². The van der Waals surface area contributed by atoms with Gasteiger partial charge in [-0.3, -0.25) is 4.57 Å². The summed E-state index contributed by atoms with van der Waals surface area (Å²) in [5, 5.41) is 0. The van der Waals surface area contributed by atoms with Gasteiger partial charge in [0.1, 0.15) is 11.5 Å². The van der Waals surface area contributed by atoms with E-state index in [1.807, 2.05) is 0 Å². The lowest BCUT2D eigenvalue weighted by atomic mass is 10.1. The number of carbonyl (C=O) groups is 1. The van der Waals surface area contributed by atoms with Crippen LogP contribution < -0.4 is 9.47 Å². The molecule has 1 atom stereocenters. The van der Waals surface area contributed by atoms with E-state index in [4.69, 9.17) is 14.2 Å². The Bertz CT molecular complexity index is 1050. The number of rotatable bonds is 7. The maximum atomic E-state index is 13.5. The Kier molecular flexibility index (Phi) is 6.11. The van der Waals surface area contributed by atoms with Gasteiger partial charge in [0.05, 0.1) is 25.3 Å². The van der Waals surface area contributed by atoms with Gasteiger partial charge in [0, 0.05) is 17.7 Å². The third-order valence-electron chi connectivity index (χ3n) is 4.31. The average molecular weight is 402 g/mol.